The Labute approximate surface area is 80.2 Å². The number of aromatic nitrogens is 4. The Kier molecular flexibility index (Phi) is 1.41. The minimum absolute atomic E-state index is 0.905. The molecule has 0 fully saturated rings. The summed E-state index contributed by atoms with van der Waals surface area (Å²) in [4.78, 5) is 3.09. The Hall–Kier alpha value is -2.10. The van der Waals surface area contributed by atoms with Gasteiger partial charge in [-0.1, -0.05) is 17.3 Å². The van der Waals surface area contributed by atoms with E-state index < -0.39 is 0 Å². The molecule has 14 heavy (non-hydrogen) atoms. The Morgan fingerprint density at radius 1 is 1.07 bits per heavy atom. The van der Waals surface area contributed by atoms with Crippen molar-refractivity contribution in [3.63, 3.8) is 0 Å². The average molecular weight is 184 g/mol. The summed E-state index contributed by atoms with van der Waals surface area (Å²) in [6, 6.07) is 11.8. The molecule has 3 aromatic rings. The van der Waals surface area contributed by atoms with E-state index in [1.807, 2.05) is 42.6 Å². The predicted molar refractivity (Wildman–Crippen MR) is 53.2 cm³/mol. The molecule has 0 amide bonds. The molecule has 2 heterocycles. The number of para-hydroxylation sites is 1. The number of benzene rings is 1. The highest BCUT2D eigenvalue weighted by Crippen LogP contribution is 2.13. The van der Waals surface area contributed by atoms with Crippen LogP contribution >= 0.6 is 0 Å². The molecule has 0 aliphatic rings. The molecule has 1 aromatic carbocycles. The monoisotopic (exact) mass is 184 g/mol. The number of hydrogen-bond donors (Lipinski definition) is 1. The van der Waals surface area contributed by atoms with Crippen molar-refractivity contribution in [1.82, 2.24) is 20.0 Å². The molecule has 0 unspecified atom stereocenters. The van der Waals surface area contributed by atoms with E-state index in [4.69, 9.17) is 0 Å². The van der Waals surface area contributed by atoms with Gasteiger partial charge >= 0.3 is 0 Å². The van der Waals surface area contributed by atoms with Gasteiger partial charge in [0.25, 0.3) is 0 Å². The fraction of sp³-hybridized carbons (Fsp3) is 0. The number of H-pyrrole nitrogens is 1. The maximum absolute atomic E-state index is 4.07. The van der Waals surface area contributed by atoms with Crippen LogP contribution in [0.2, 0.25) is 0 Å². The third kappa shape index (κ3) is 0.939. The zero-order chi connectivity index (χ0) is 9.38. The van der Waals surface area contributed by atoms with Gasteiger partial charge in [0.2, 0.25) is 0 Å². The molecule has 1 N–H and O–H groups in total. The molecular formula is C10H8N4. The van der Waals surface area contributed by atoms with Crippen LogP contribution < -0.4 is 0 Å². The van der Waals surface area contributed by atoms with Gasteiger partial charge in [0.1, 0.15) is 11.3 Å². The molecule has 3 rings (SSSR count). The van der Waals surface area contributed by atoms with Gasteiger partial charge in [0.15, 0.2) is 0 Å². The lowest BCUT2D eigenvalue weighted by molar-refractivity contribution is 0.807. The fourth-order valence-electron chi connectivity index (χ4n) is 1.50. The van der Waals surface area contributed by atoms with E-state index in [1.54, 1.807) is 4.68 Å². The summed E-state index contributed by atoms with van der Waals surface area (Å²) in [5.41, 5.74) is 1.91. The fourth-order valence-corrected chi connectivity index (χ4v) is 1.50. The van der Waals surface area contributed by atoms with E-state index in [1.165, 1.54) is 0 Å². The minimum Gasteiger partial charge on any atom is -0.347 e. The number of fused-ring (bicyclic) bond motifs is 1. The van der Waals surface area contributed by atoms with E-state index in [-0.39, 0.29) is 0 Å². The molecule has 0 aliphatic carbocycles. The molecule has 0 bridgehead atoms. The van der Waals surface area contributed by atoms with Crippen LogP contribution in [-0.4, -0.2) is 20.0 Å². The first-order valence-electron chi connectivity index (χ1n) is 4.39. The molecule has 0 aliphatic heterocycles. The molecule has 4 heteroatoms. The van der Waals surface area contributed by atoms with E-state index in [0.29, 0.717) is 0 Å². The number of hydrogen-bond acceptors (Lipinski definition) is 2. The van der Waals surface area contributed by atoms with E-state index in [9.17, 15) is 0 Å². The van der Waals surface area contributed by atoms with Gasteiger partial charge in [-0.05, 0) is 24.3 Å². The maximum Gasteiger partial charge on any atom is 0.133 e. The Balaban J connectivity index is 2.33. The summed E-state index contributed by atoms with van der Waals surface area (Å²) in [7, 11) is 0. The SMILES string of the molecule is c1c[nH]c(-n2nnc3ccccc32)c1. The van der Waals surface area contributed by atoms with Crippen molar-refractivity contribution in [1.29, 1.82) is 0 Å². The maximum atomic E-state index is 4.07. The van der Waals surface area contributed by atoms with Crippen molar-refractivity contribution in [3.05, 3.63) is 42.6 Å². The third-order valence-electron chi connectivity index (χ3n) is 2.16. The van der Waals surface area contributed by atoms with E-state index >= 15 is 0 Å². The van der Waals surface area contributed by atoms with Crippen LogP contribution in [0.25, 0.3) is 16.9 Å². The topological polar surface area (TPSA) is 46.5 Å². The van der Waals surface area contributed by atoms with Gasteiger partial charge in [-0.3, -0.25) is 0 Å². The standard InChI is InChI=1S/C10H8N4/c1-2-5-9-8(4-1)12-13-14(9)10-6-3-7-11-10/h1-7,11H. The van der Waals surface area contributed by atoms with Crippen molar-refractivity contribution in [2.75, 3.05) is 0 Å². The summed E-state index contributed by atoms with van der Waals surface area (Å²) in [6.07, 6.45) is 1.87. The van der Waals surface area contributed by atoms with Crippen LogP contribution in [0.3, 0.4) is 0 Å². The summed E-state index contributed by atoms with van der Waals surface area (Å²) < 4.78 is 1.79. The Bertz CT molecular complexity index is 550. The Morgan fingerprint density at radius 3 is 2.86 bits per heavy atom. The first-order valence-corrected chi connectivity index (χ1v) is 4.39. The first-order chi connectivity index (χ1) is 6.95. The number of rotatable bonds is 1. The van der Waals surface area contributed by atoms with Crippen LogP contribution in [0, 0.1) is 0 Å². The molecule has 0 radical (unpaired) electrons. The quantitative estimate of drug-likeness (QED) is 0.626. The van der Waals surface area contributed by atoms with E-state index in [2.05, 4.69) is 15.3 Å². The van der Waals surface area contributed by atoms with Crippen LogP contribution in [0.5, 0.6) is 0 Å². The second-order valence-corrected chi connectivity index (χ2v) is 3.05. The molecular weight excluding hydrogens is 176 g/mol. The number of nitrogens with zero attached hydrogens (tertiary/aromatic N) is 3. The zero-order valence-electron chi connectivity index (χ0n) is 7.38. The lowest BCUT2D eigenvalue weighted by atomic mass is 10.3. The second-order valence-electron chi connectivity index (χ2n) is 3.05. The molecule has 0 atom stereocenters. The normalized spacial score (nSPS) is 10.9. The van der Waals surface area contributed by atoms with Crippen LogP contribution in [0.15, 0.2) is 42.6 Å². The largest absolute Gasteiger partial charge is 0.347 e. The van der Waals surface area contributed by atoms with Crippen molar-refractivity contribution >= 4 is 11.0 Å². The highest BCUT2D eigenvalue weighted by Gasteiger charge is 2.04. The van der Waals surface area contributed by atoms with Crippen LogP contribution in [-0.2, 0) is 0 Å². The lowest BCUT2D eigenvalue weighted by Gasteiger charge is -1.96. The van der Waals surface area contributed by atoms with Crippen LogP contribution in [0.1, 0.15) is 0 Å². The lowest BCUT2D eigenvalue weighted by Crippen LogP contribution is -1.95. The van der Waals surface area contributed by atoms with Crippen molar-refractivity contribution in [2.45, 2.75) is 0 Å². The van der Waals surface area contributed by atoms with Gasteiger partial charge in [0.05, 0.1) is 5.52 Å². The Morgan fingerprint density at radius 2 is 2.00 bits per heavy atom. The average Bonchev–Trinajstić information content (AvgIpc) is 2.85. The van der Waals surface area contributed by atoms with Gasteiger partial charge < -0.3 is 4.98 Å². The summed E-state index contributed by atoms with van der Waals surface area (Å²) >= 11 is 0. The number of nitrogens with one attached hydrogen (secondary N) is 1. The zero-order valence-corrected chi connectivity index (χ0v) is 7.38. The molecule has 0 saturated carbocycles. The molecule has 4 nitrogen and oxygen atoms in total. The van der Waals surface area contributed by atoms with E-state index in [0.717, 1.165) is 16.9 Å². The smallest absolute Gasteiger partial charge is 0.133 e. The first kappa shape index (κ1) is 7.32. The molecule has 68 valence electrons. The summed E-state index contributed by atoms with van der Waals surface area (Å²) in [5.74, 6) is 0.929. The van der Waals surface area contributed by atoms with Crippen molar-refractivity contribution < 1.29 is 0 Å². The van der Waals surface area contributed by atoms with Gasteiger partial charge in [-0.2, -0.15) is 4.68 Å². The minimum atomic E-state index is 0.905. The number of aromatic amines is 1. The van der Waals surface area contributed by atoms with Crippen molar-refractivity contribution in [3.8, 4) is 5.82 Å². The van der Waals surface area contributed by atoms with Gasteiger partial charge in [0, 0.05) is 6.20 Å². The molecule has 0 saturated heterocycles. The highest BCUT2D eigenvalue weighted by atomic mass is 15.4. The van der Waals surface area contributed by atoms with Crippen LogP contribution in [0.4, 0.5) is 0 Å². The molecule has 0 spiro atoms. The highest BCUT2D eigenvalue weighted by molar-refractivity contribution is 5.75. The predicted octanol–water partition coefficient (Wildman–Crippen LogP) is 1.75. The van der Waals surface area contributed by atoms with Gasteiger partial charge in [-0.15, -0.1) is 5.10 Å². The van der Waals surface area contributed by atoms with Crippen molar-refractivity contribution in [2.24, 2.45) is 0 Å². The third-order valence-corrected chi connectivity index (χ3v) is 2.16. The summed E-state index contributed by atoms with van der Waals surface area (Å²) in [6.45, 7) is 0. The van der Waals surface area contributed by atoms with Gasteiger partial charge in [-0.25, -0.2) is 0 Å². The molecule has 2 aromatic heterocycles. The summed E-state index contributed by atoms with van der Waals surface area (Å²) in [5, 5.41) is 8.14. The second kappa shape index (κ2) is 2.70.